The predicted molar refractivity (Wildman–Crippen MR) is 65.8 cm³/mol. The van der Waals surface area contributed by atoms with Gasteiger partial charge in [-0.05, 0) is 6.42 Å². The van der Waals surface area contributed by atoms with E-state index in [1.807, 2.05) is 11.8 Å². The average Bonchev–Trinajstić information content (AvgIpc) is 2.31. The van der Waals surface area contributed by atoms with Crippen LogP contribution in [-0.4, -0.2) is 40.7 Å². The zero-order valence-electron chi connectivity index (χ0n) is 10.4. The minimum absolute atomic E-state index is 0.220. The lowest BCUT2D eigenvalue weighted by Crippen LogP contribution is -2.48. The van der Waals surface area contributed by atoms with Crippen molar-refractivity contribution in [2.75, 3.05) is 24.6 Å². The Labute approximate surface area is 106 Å². The third-order valence-corrected chi connectivity index (χ3v) is 2.83. The van der Waals surface area contributed by atoms with Gasteiger partial charge in [-0.25, -0.2) is 9.97 Å². The van der Waals surface area contributed by atoms with Crippen molar-refractivity contribution in [3.8, 4) is 5.88 Å². The Balaban J connectivity index is 1.89. The molecule has 0 spiro atoms. The molecule has 2 heterocycles. The zero-order valence-corrected chi connectivity index (χ0v) is 10.4. The summed E-state index contributed by atoms with van der Waals surface area (Å²) < 4.78 is 5.43. The first-order valence-corrected chi connectivity index (χ1v) is 6.10. The van der Waals surface area contributed by atoms with Gasteiger partial charge in [0, 0.05) is 25.1 Å². The first kappa shape index (κ1) is 12.6. The summed E-state index contributed by atoms with van der Waals surface area (Å²) in [5.74, 6) is 0.855. The van der Waals surface area contributed by atoms with Crippen LogP contribution in [0.5, 0.6) is 5.88 Å². The number of carboxylic acid groups (broad SMARTS) is 1. The molecular formula is C12H17N3O3. The molecule has 6 heteroatoms. The number of nitrogens with zero attached hydrogens (tertiary/aromatic N) is 3. The molecule has 0 amide bonds. The maximum atomic E-state index is 10.6. The topological polar surface area (TPSA) is 75.5 Å². The predicted octanol–water partition coefficient (Wildman–Crippen LogP) is 1.18. The smallest absolute Gasteiger partial charge is 0.303 e. The molecule has 1 aromatic rings. The lowest BCUT2D eigenvalue weighted by atomic mass is 9.96. The molecule has 0 aliphatic carbocycles. The van der Waals surface area contributed by atoms with Gasteiger partial charge in [0.05, 0.1) is 13.0 Å². The highest BCUT2D eigenvalue weighted by atomic mass is 16.5. The Kier molecular flexibility index (Phi) is 3.96. The van der Waals surface area contributed by atoms with Crippen molar-refractivity contribution in [3.63, 3.8) is 0 Å². The van der Waals surface area contributed by atoms with Crippen molar-refractivity contribution >= 4 is 11.8 Å². The minimum atomic E-state index is -0.741. The van der Waals surface area contributed by atoms with Crippen LogP contribution in [0.4, 0.5) is 5.82 Å². The van der Waals surface area contributed by atoms with Crippen molar-refractivity contribution in [3.05, 3.63) is 12.4 Å². The number of aliphatic carboxylic acids is 1. The highest BCUT2D eigenvalue weighted by Crippen LogP contribution is 2.26. The Morgan fingerprint density at radius 1 is 1.56 bits per heavy atom. The second-order valence-corrected chi connectivity index (χ2v) is 4.43. The fraction of sp³-hybridized carbons (Fsp3) is 0.583. The first-order valence-electron chi connectivity index (χ1n) is 6.10. The van der Waals surface area contributed by atoms with Crippen molar-refractivity contribution in [1.82, 2.24) is 9.97 Å². The molecule has 6 nitrogen and oxygen atoms in total. The number of anilines is 1. The van der Waals surface area contributed by atoms with Crippen LogP contribution in [0.3, 0.4) is 0 Å². The normalized spacial score (nSPS) is 15.3. The summed E-state index contributed by atoms with van der Waals surface area (Å²) in [4.78, 5) is 20.8. The van der Waals surface area contributed by atoms with E-state index in [0.29, 0.717) is 12.5 Å². The van der Waals surface area contributed by atoms with E-state index in [1.54, 1.807) is 6.07 Å². The van der Waals surface area contributed by atoms with E-state index >= 15 is 0 Å². The molecular weight excluding hydrogens is 234 g/mol. The zero-order chi connectivity index (χ0) is 13.0. The van der Waals surface area contributed by atoms with Gasteiger partial charge in [0.1, 0.15) is 12.1 Å². The van der Waals surface area contributed by atoms with Gasteiger partial charge in [-0.2, -0.15) is 0 Å². The SMILES string of the molecule is CCCOc1cc(N2CC(CC(=O)O)C2)ncn1. The van der Waals surface area contributed by atoms with E-state index in [9.17, 15) is 4.79 Å². The second-order valence-electron chi connectivity index (χ2n) is 4.43. The number of rotatable bonds is 6. The number of carbonyl (C=O) groups is 1. The van der Waals surface area contributed by atoms with Crippen molar-refractivity contribution in [2.24, 2.45) is 5.92 Å². The fourth-order valence-electron chi connectivity index (χ4n) is 1.92. The van der Waals surface area contributed by atoms with Crippen molar-refractivity contribution < 1.29 is 14.6 Å². The molecule has 0 bridgehead atoms. The molecule has 0 unspecified atom stereocenters. The summed E-state index contributed by atoms with van der Waals surface area (Å²) in [6, 6.07) is 1.80. The number of aromatic nitrogens is 2. The Morgan fingerprint density at radius 2 is 2.33 bits per heavy atom. The van der Waals surface area contributed by atoms with E-state index in [4.69, 9.17) is 9.84 Å². The molecule has 1 N–H and O–H groups in total. The van der Waals surface area contributed by atoms with E-state index in [1.165, 1.54) is 6.33 Å². The van der Waals surface area contributed by atoms with Gasteiger partial charge in [-0.15, -0.1) is 0 Å². The maximum absolute atomic E-state index is 10.6. The van der Waals surface area contributed by atoms with E-state index in [2.05, 4.69) is 9.97 Å². The Bertz CT molecular complexity index is 419. The molecule has 0 aromatic carbocycles. The molecule has 2 rings (SSSR count). The third kappa shape index (κ3) is 3.09. The van der Waals surface area contributed by atoms with Crippen LogP contribution in [0, 0.1) is 5.92 Å². The minimum Gasteiger partial charge on any atom is -0.481 e. The van der Waals surface area contributed by atoms with Crippen molar-refractivity contribution in [1.29, 1.82) is 0 Å². The second kappa shape index (κ2) is 5.66. The summed E-state index contributed by atoms with van der Waals surface area (Å²) in [5, 5.41) is 8.68. The first-order chi connectivity index (χ1) is 8.69. The van der Waals surface area contributed by atoms with E-state index in [0.717, 1.165) is 25.3 Å². The Morgan fingerprint density at radius 3 is 3.00 bits per heavy atom. The molecule has 1 aliphatic heterocycles. The molecule has 0 saturated carbocycles. The molecule has 1 fully saturated rings. The van der Waals surface area contributed by atoms with Gasteiger partial charge in [0.2, 0.25) is 5.88 Å². The van der Waals surface area contributed by atoms with Crippen LogP contribution in [-0.2, 0) is 4.79 Å². The molecule has 18 heavy (non-hydrogen) atoms. The van der Waals surface area contributed by atoms with Crippen LogP contribution < -0.4 is 9.64 Å². The van der Waals surface area contributed by atoms with Gasteiger partial charge in [0.15, 0.2) is 0 Å². The Hall–Kier alpha value is -1.85. The number of carboxylic acids is 1. The number of hydrogen-bond acceptors (Lipinski definition) is 5. The highest BCUT2D eigenvalue weighted by Gasteiger charge is 2.29. The van der Waals surface area contributed by atoms with Crippen molar-refractivity contribution in [2.45, 2.75) is 19.8 Å². The lowest BCUT2D eigenvalue weighted by molar-refractivity contribution is -0.138. The number of hydrogen-bond donors (Lipinski definition) is 1. The monoisotopic (exact) mass is 251 g/mol. The summed E-state index contributed by atoms with van der Waals surface area (Å²) >= 11 is 0. The quantitative estimate of drug-likeness (QED) is 0.818. The summed E-state index contributed by atoms with van der Waals surface area (Å²) in [7, 11) is 0. The largest absolute Gasteiger partial charge is 0.481 e. The summed E-state index contributed by atoms with van der Waals surface area (Å²) in [6.45, 7) is 4.14. The standard InChI is InChI=1S/C12H17N3O3/c1-2-3-18-11-5-10(13-8-14-11)15-6-9(7-15)4-12(16)17/h5,8-9H,2-4,6-7H2,1H3,(H,16,17). The molecule has 98 valence electrons. The van der Waals surface area contributed by atoms with E-state index < -0.39 is 5.97 Å². The van der Waals surface area contributed by atoms with Crippen LogP contribution in [0.15, 0.2) is 12.4 Å². The summed E-state index contributed by atoms with van der Waals surface area (Å²) in [5.41, 5.74) is 0. The lowest BCUT2D eigenvalue weighted by Gasteiger charge is -2.39. The van der Waals surface area contributed by atoms with Crippen LogP contribution in [0.25, 0.3) is 0 Å². The van der Waals surface area contributed by atoms with Crippen LogP contribution >= 0.6 is 0 Å². The average molecular weight is 251 g/mol. The molecule has 0 atom stereocenters. The molecule has 1 aliphatic rings. The third-order valence-electron chi connectivity index (χ3n) is 2.83. The molecule has 1 saturated heterocycles. The maximum Gasteiger partial charge on any atom is 0.303 e. The molecule has 1 aromatic heterocycles. The highest BCUT2D eigenvalue weighted by molar-refractivity contribution is 5.67. The summed E-state index contributed by atoms with van der Waals surface area (Å²) in [6.07, 6.45) is 2.63. The van der Waals surface area contributed by atoms with Gasteiger partial charge in [-0.3, -0.25) is 4.79 Å². The van der Waals surface area contributed by atoms with Crippen LogP contribution in [0.2, 0.25) is 0 Å². The number of ether oxygens (including phenoxy) is 1. The van der Waals surface area contributed by atoms with E-state index in [-0.39, 0.29) is 12.3 Å². The van der Waals surface area contributed by atoms with Gasteiger partial charge in [0.25, 0.3) is 0 Å². The van der Waals surface area contributed by atoms with Gasteiger partial charge < -0.3 is 14.7 Å². The molecule has 0 radical (unpaired) electrons. The van der Waals surface area contributed by atoms with Gasteiger partial charge in [-0.1, -0.05) is 6.92 Å². The van der Waals surface area contributed by atoms with Gasteiger partial charge >= 0.3 is 5.97 Å². The van der Waals surface area contributed by atoms with Crippen LogP contribution in [0.1, 0.15) is 19.8 Å². The fourth-order valence-corrected chi connectivity index (χ4v) is 1.92.